The van der Waals surface area contributed by atoms with Crippen molar-refractivity contribution in [3.8, 4) is 10.8 Å². The van der Waals surface area contributed by atoms with Crippen molar-refractivity contribution in [2.45, 2.75) is 20.3 Å². The van der Waals surface area contributed by atoms with Gasteiger partial charge in [-0.2, -0.15) is 0 Å². The molecule has 0 atom stereocenters. The van der Waals surface area contributed by atoms with Crippen molar-refractivity contribution in [2.24, 2.45) is 0 Å². The van der Waals surface area contributed by atoms with E-state index in [2.05, 4.69) is 6.92 Å². The maximum Gasteiger partial charge on any atom is 0.257 e. The van der Waals surface area contributed by atoms with E-state index >= 15 is 0 Å². The van der Waals surface area contributed by atoms with E-state index < -0.39 is 0 Å². The van der Waals surface area contributed by atoms with Gasteiger partial charge in [-0.3, -0.25) is 9.59 Å². The van der Waals surface area contributed by atoms with Crippen LogP contribution in [0.3, 0.4) is 0 Å². The Kier molecular flexibility index (Phi) is 6.13. The topological polar surface area (TPSA) is 54.8 Å². The molecule has 0 bridgehead atoms. The third-order valence-electron chi connectivity index (χ3n) is 5.83. The Bertz CT molecular complexity index is 1080. The summed E-state index contributed by atoms with van der Waals surface area (Å²) in [4.78, 5) is 31.0. The summed E-state index contributed by atoms with van der Waals surface area (Å²) >= 11 is 1.64. The van der Waals surface area contributed by atoms with Crippen LogP contribution in [0.5, 0.6) is 5.75 Å². The highest BCUT2D eigenvalue weighted by Crippen LogP contribution is 2.32. The van der Waals surface area contributed by atoms with E-state index in [1.54, 1.807) is 18.4 Å². The Labute approximate surface area is 186 Å². The molecule has 0 unspecified atom stereocenters. The van der Waals surface area contributed by atoms with E-state index in [9.17, 15) is 9.59 Å². The van der Waals surface area contributed by atoms with E-state index in [1.807, 2.05) is 70.1 Å². The summed E-state index contributed by atoms with van der Waals surface area (Å²) in [5.74, 6) is 0.877. The molecule has 1 aromatic carbocycles. The fraction of sp³-hybridized carbons (Fsp3) is 0.333. The number of hydrogen-bond acceptors (Lipinski definition) is 4. The number of hydrogen-bond donors (Lipinski definition) is 0. The normalized spacial score (nSPS) is 14.0. The lowest BCUT2D eigenvalue weighted by Gasteiger charge is -2.35. The van der Waals surface area contributed by atoms with Crippen molar-refractivity contribution in [2.75, 3.05) is 33.3 Å². The number of methoxy groups -OCH3 is 1. The molecule has 7 heteroatoms. The molecule has 2 aromatic heterocycles. The minimum Gasteiger partial charge on any atom is -0.497 e. The summed E-state index contributed by atoms with van der Waals surface area (Å²) in [7, 11) is 1.62. The minimum absolute atomic E-state index is 0.0467. The van der Waals surface area contributed by atoms with E-state index in [1.165, 1.54) is 0 Å². The number of carbonyl (C=O) groups excluding carboxylic acids is 2. The second-order valence-electron chi connectivity index (χ2n) is 7.76. The molecule has 1 fully saturated rings. The van der Waals surface area contributed by atoms with E-state index in [0.717, 1.165) is 32.3 Å². The number of rotatable bonds is 5. The number of amides is 2. The molecule has 0 N–H and O–H groups in total. The van der Waals surface area contributed by atoms with Crippen LogP contribution in [0.15, 0.2) is 48.8 Å². The van der Waals surface area contributed by atoms with Crippen molar-refractivity contribution < 1.29 is 14.3 Å². The predicted molar refractivity (Wildman–Crippen MR) is 122 cm³/mol. The molecule has 2 amide bonds. The first-order valence-corrected chi connectivity index (χ1v) is 11.2. The lowest BCUT2D eigenvalue weighted by atomic mass is 10.1. The molecule has 0 aliphatic carbocycles. The molecule has 3 aromatic rings. The number of nitrogens with zero attached hydrogens (tertiary/aromatic N) is 3. The smallest absolute Gasteiger partial charge is 0.257 e. The monoisotopic (exact) mass is 437 g/mol. The molecule has 3 heterocycles. The molecule has 0 radical (unpaired) electrons. The average molecular weight is 438 g/mol. The average Bonchev–Trinajstić information content (AvgIpc) is 3.42. The molecule has 1 aliphatic heterocycles. The summed E-state index contributed by atoms with van der Waals surface area (Å²) < 4.78 is 7.25. The van der Waals surface area contributed by atoms with Crippen LogP contribution in [-0.4, -0.2) is 59.5 Å². The Hall–Kier alpha value is -3.06. The Morgan fingerprint density at radius 1 is 1.00 bits per heavy atom. The standard InChI is InChI=1S/C24H27N3O3S/c1-17-18(2)31-24(27-9-4-5-10-27)22(17)23(29)26-13-11-25(12-14-26)21(28)16-19-7-6-8-20(15-19)30-3/h4-10,15H,11-14,16H2,1-3H3. The zero-order chi connectivity index (χ0) is 22.0. The summed E-state index contributed by atoms with van der Waals surface area (Å²) in [6.07, 6.45) is 4.28. The first kappa shape index (κ1) is 21.2. The van der Waals surface area contributed by atoms with Gasteiger partial charge in [0.2, 0.25) is 5.91 Å². The fourth-order valence-corrected chi connectivity index (χ4v) is 5.01. The van der Waals surface area contributed by atoms with Crippen LogP contribution in [0.1, 0.15) is 26.4 Å². The maximum atomic E-state index is 13.4. The van der Waals surface area contributed by atoms with E-state index in [-0.39, 0.29) is 11.8 Å². The molecule has 1 aliphatic rings. The second kappa shape index (κ2) is 8.98. The third-order valence-corrected chi connectivity index (χ3v) is 7.05. The van der Waals surface area contributed by atoms with Crippen LogP contribution in [0.4, 0.5) is 0 Å². The highest BCUT2D eigenvalue weighted by molar-refractivity contribution is 7.15. The number of aromatic nitrogens is 1. The van der Waals surface area contributed by atoms with Crippen LogP contribution >= 0.6 is 11.3 Å². The number of benzene rings is 1. The van der Waals surface area contributed by atoms with Gasteiger partial charge in [-0.1, -0.05) is 12.1 Å². The first-order valence-electron chi connectivity index (χ1n) is 10.4. The van der Waals surface area contributed by atoms with Crippen molar-refractivity contribution >= 4 is 23.2 Å². The predicted octanol–water partition coefficient (Wildman–Crippen LogP) is 3.69. The number of carbonyl (C=O) groups is 2. The highest BCUT2D eigenvalue weighted by atomic mass is 32.1. The van der Waals surface area contributed by atoms with Crippen LogP contribution in [0.2, 0.25) is 0 Å². The van der Waals surface area contributed by atoms with Crippen LogP contribution in [0, 0.1) is 13.8 Å². The summed E-state index contributed by atoms with van der Waals surface area (Å²) in [5, 5.41) is 0.960. The molecule has 4 rings (SSSR count). The van der Waals surface area contributed by atoms with Gasteiger partial charge >= 0.3 is 0 Å². The SMILES string of the molecule is COc1cccc(CC(=O)N2CCN(C(=O)c3c(-n4cccc4)sc(C)c3C)CC2)c1. The number of aryl methyl sites for hydroxylation is 1. The number of thiophene rings is 1. The van der Waals surface area contributed by atoms with Crippen molar-refractivity contribution in [1.82, 2.24) is 14.4 Å². The fourth-order valence-electron chi connectivity index (χ4n) is 3.90. The van der Waals surface area contributed by atoms with Gasteiger partial charge in [0.25, 0.3) is 5.91 Å². The lowest BCUT2D eigenvalue weighted by Crippen LogP contribution is -2.51. The zero-order valence-electron chi connectivity index (χ0n) is 18.1. The van der Waals surface area contributed by atoms with Gasteiger partial charge in [-0.25, -0.2) is 0 Å². The van der Waals surface area contributed by atoms with E-state index in [4.69, 9.17) is 4.74 Å². The summed E-state index contributed by atoms with van der Waals surface area (Å²) in [5.41, 5.74) is 2.74. The van der Waals surface area contributed by atoms with Crippen LogP contribution < -0.4 is 4.74 Å². The second-order valence-corrected chi connectivity index (χ2v) is 8.96. The largest absolute Gasteiger partial charge is 0.497 e. The summed E-state index contributed by atoms with van der Waals surface area (Å²) in [6.45, 7) is 6.26. The molecule has 0 saturated carbocycles. The van der Waals surface area contributed by atoms with E-state index in [0.29, 0.717) is 32.6 Å². The molecule has 6 nitrogen and oxygen atoms in total. The molecule has 31 heavy (non-hydrogen) atoms. The number of ether oxygens (including phenoxy) is 1. The third kappa shape index (κ3) is 4.37. The van der Waals surface area contributed by atoms with Gasteiger partial charge in [0.05, 0.1) is 19.1 Å². The Balaban J connectivity index is 1.42. The zero-order valence-corrected chi connectivity index (χ0v) is 18.9. The van der Waals surface area contributed by atoms with Crippen LogP contribution in [0.25, 0.3) is 5.00 Å². The van der Waals surface area contributed by atoms with Gasteiger partial charge in [0.15, 0.2) is 0 Å². The van der Waals surface area contributed by atoms with Gasteiger partial charge < -0.3 is 19.1 Å². The number of piperazine rings is 1. The molecule has 162 valence electrons. The van der Waals surface area contributed by atoms with Crippen molar-refractivity contribution in [1.29, 1.82) is 0 Å². The quantitative estimate of drug-likeness (QED) is 0.612. The minimum atomic E-state index is 0.0467. The maximum absolute atomic E-state index is 13.4. The molecular formula is C24H27N3O3S. The summed E-state index contributed by atoms with van der Waals surface area (Å²) in [6, 6.07) is 11.5. The van der Waals surface area contributed by atoms with Gasteiger partial charge in [0, 0.05) is 43.4 Å². The molecule has 0 spiro atoms. The van der Waals surface area contributed by atoms with Gasteiger partial charge in [-0.05, 0) is 49.2 Å². The van der Waals surface area contributed by atoms with Crippen molar-refractivity contribution in [3.05, 3.63) is 70.4 Å². The Morgan fingerprint density at radius 3 is 2.35 bits per heavy atom. The Morgan fingerprint density at radius 2 is 1.68 bits per heavy atom. The van der Waals surface area contributed by atoms with Gasteiger partial charge in [-0.15, -0.1) is 11.3 Å². The lowest BCUT2D eigenvalue weighted by molar-refractivity contribution is -0.131. The highest BCUT2D eigenvalue weighted by Gasteiger charge is 2.29. The van der Waals surface area contributed by atoms with Crippen LogP contribution in [-0.2, 0) is 11.2 Å². The molecule has 1 saturated heterocycles. The molecular weight excluding hydrogens is 410 g/mol. The first-order chi connectivity index (χ1) is 15.0. The van der Waals surface area contributed by atoms with Crippen molar-refractivity contribution in [3.63, 3.8) is 0 Å². The van der Waals surface area contributed by atoms with Gasteiger partial charge in [0.1, 0.15) is 10.8 Å².